The van der Waals surface area contributed by atoms with E-state index < -0.39 is 66.6 Å². The van der Waals surface area contributed by atoms with Crippen LogP contribution in [0.3, 0.4) is 0 Å². The van der Waals surface area contributed by atoms with E-state index in [9.17, 15) is 38.9 Å². The van der Waals surface area contributed by atoms with Crippen molar-refractivity contribution in [2.75, 3.05) is 49.3 Å². The molecule has 0 saturated heterocycles. The van der Waals surface area contributed by atoms with E-state index in [4.69, 9.17) is 13.7 Å². The van der Waals surface area contributed by atoms with Crippen LogP contribution in [0.15, 0.2) is 39.4 Å². The summed E-state index contributed by atoms with van der Waals surface area (Å²) in [5, 5.41) is 23.1. The van der Waals surface area contributed by atoms with Crippen LogP contribution in [0, 0.1) is 18.3 Å². The highest BCUT2D eigenvalue weighted by atomic mass is 32.3. The van der Waals surface area contributed by atoms with Gasteiger partial charge in [-0.25, -0.2) is 26.0 Å². The van der Waals surface area contributed by atoms with Gasteiger partial charge in [0.25, 0.3) is 0 Å². The Morgan fingerprint density at radius 1 is 0.791 bits per heavy atom. The second-order valence-electron chi connectivity index (χ2n) is 7.88. The average Bonchev–Trinajstić information content (AvgIpc) is 2.87. The number of nitriles is 1. The monoisotopic (exact) mass is 688 g/mol. The fourth-order valence-electron chi connectivity index (χ4n) is 3.03. The Bertz CT molecular complexity index is 1810. The SMILES string of the molecule is Cc1c(C#N)c(NCCOS(=O)(=O)O)nc(NCCOS(=O)(=O)O)c1N=Nc1ccc(S(=O)(=O)CCOS(=O)(=O)O)cc1. The van der Waals surface area contributed by atoms with Gasteiger partial charge in [0.05, 0.1) is 41.7 Å². The number of aromatic nitrogens is 1. The fraction of sp³-hybridized carbons (Fsp3) is 0.368. The Balaban J connectivity index is 2.35. The number of nitrogens with one attached hydrogen (secondary N) is 2. The zero-order valence-electron chi connectivity index (χ0n) is 21.8. The number of nitrogens with zero attached hydrogens (tertiary/aromatic N) is 4. The molecule has 0 unspecified atom stereocenters. The first-order chi connectivity index (χ1) is 19.8. The lowest BCUT2D eigenvalue weighted by Gasteiger charge is -2.15. The summed E-state index contributed by atoms with van der Waals surface area (Å²) in [6, 6.07) is 6.70. The third kappa shape index (κ3) is 12.8. The van der Waals surface area contributed by atoms with E-state index in [-0.39, 0.29) is 52.1 Å². The average molecular weight is 689 g/mol. The van der Waals surface area contributed by atoms with E-state index in [1.807, 2.05) is 6.07 Å². The van der Waals surface area contributed by atoms with Gasteiger partial charge in [-0.05, 0) is 31.2 Å². The number of hydrogen-bond acceptors (Lipinski definition) is 17. The molecule has 0 spiro atoms. The highest BCUT2D eigenvalue weighted by Gasteiger charge is 2.19. The summed E-state index contributed by atoms with van der Waals surface area (Å²) in [7, 11) is -18.3. The maximum absolute atomic E-state index is 12.4. The number of benzene rings is 1. The molecule has 1 aromatic carbocycles. The highest BCUT2D eigenvalue weighted by Crippen LogP contribution is 2.35. The molecule has 0 amide bonds. The summed E-state index contributed by atoms with van der Waals surface area (Å²) in [5.74, 6) is -0.910. The molecule has 0 saturated carbocycles. The summed E-state index contributed by atoms with van der Waals surface area (Å²) < 4.78 is 127. The first-order valence-corrected chi connectivity index (χ1v) is 17.1. The van der Waals surface area contributed by atoms with Gasteiger partial charge in [0, 0.05) is 18.7 Å². The number of anilines is 2. The van der Waals surface area contributed by atoms with Gasteiger partial charge < -0.3 is 10.6 Å². The molecule has 24 heteroatoms. The molecular weight excluding hydrogens is 665 g/mol. The first kappa shape index (κ1) is 35.8. The van der Waals surface area contributed by atoms with E-state index in [0.29, 0.717) is 0 Å². The number of sulfone groups is 1. The molecule has 238 valence electrons. The van der Waals surface area contributed by atoms with Gasteiger partial charge in [-0.2, -0.15) is 35.6 Å². The maximum Gasteiger partial charge on any atom is 0.397 e. The van der Waals surface area contributed by atoms with E-state index >= 15 is 0 Å². The minimum atomic E-state index is -4.82. The number of hydrogen-bond donors (Lipinski definition) is 5. The van der Waals surface area contributed by atoms with Crippen molar-refractivity contribution in [3.63, 3.8) is 0 Å². The van der Waals surface area contributed by atoms with Crippen molar-refractivity contribution in [3.05, 3.63) is 35.4 Å². The molecule has 0 aliphatic heterocycles. The van der Waals surface area contributed by atoms with Crippen LogP contribution in [0.1, 0.15) is 11.1 Å². The summed E-state index contributed by atoms with van der Waals surface area (Å²) in [5.41, 5.74) is 0.225. The van der Waals surface area contributed by atoms with Gasteiger partial charge in [-0.1, -0.05) is 0 Å². The summed E-state index contributed by atoms with van der Waals surface area (Å²) in [6.45, 7) is -0.926. The van der Waals surface area contributed by atoms with Crippen molar-refractivity contribution >= 4 is 64.0 Å². The third-order valence-electron chi connectivity index (χ3n) is 4.83. The van der Waals surface area contributed by atoms with Crippen molar-refractivity contribution in [2.24, 2.45) is 10.2 Å². The molecule has 1 aromatic heterocycles. The predicted molar refractivity (Wildman–Crippen MR) is 146 cm³/mol. The first-order valence-electron chi connectivity index (χ1n) is 11.3. The Kier molecular flexibility index (Phi) is 12.4. The molecule has 0 bridgehead atoms. The summed E-state index contributed by atoms with van der Waals surface area (Å²) in [4.78, 5) is 3.97. The van der Waals surface area contributed by atoms with E-state index in [2.05, 4.69) is 38.4 Å². The molecule has 0 aliphatic rings. The quantitative estimate of drug-likeness (QED) is 0.0868. The van der Waals surface area contributed by atoms with Crippen LogP contribution in [-0.2, 0) is 53.6 Å². The Hall–Kier alpha value is -3.38. The normalized spacial score (nSPS) is 12.7. The van der Waals surface area contributed by atoms with Crippen molar-refractivity contribution in [2.45, 2.75) is 11.8 Å². The van der Waals surface area contributed by atoms with Crippen molar-refractivity contribution < 1.29 is 59.9 Å². The zero-order valence-corrected chi connectivity index (χ0v) is 25.1. The van der Waals surface area contributed by atoms with Crippen LogP contribution in [0.2, 0.25) is 0 Å². The third-order valence-corrected chi connectivity index (χ3v) is 7.91. The Labute approximate surface area is 246 Å². The molecular formula is C19H24N6O14S4. The molecule has 0 radical (unpaired) electrons. The Morgan fingerprint density at radius 2 is 1.28 bits per heavy atom. The van der Waals surface area contributed by atoms with Crippen LogP contribution >= 0.6 is 0 Å². The van der Waals surface area contributed by atoms with Crippen molar-refractivity contribution in [1.82, 2.24) is 4.98 Å². The van der Waals surface area contributed by atoms with Gasteiger partial charge >= 0.3 is 31.2 Å². The second kappa shape index (κ2) is 14.9. The van der Waals surface area contributed by atoms with Gasteiger partial charge in [-0.3, -0.25) is 13.7 Å². The molecule has 0 aliphatic carbocycles. The lowest BCUT2D eigenvalue weighted by Crippen LogP contribution is -2.17. The standard InChI is InChI=1S/C19H24N6O14S4/c1-13-16(12-20)18(21-6-8-37-41(28,29)30)23-19(22-7-9-38-42(31,32)33)17(13)25-24-14-2-4-15(5-3-14)40(26,27)11-10-39-43(34,35)36/h2-5H,6-11H2,1H3,(H2,21,22,23)(H,28,29,30)(H,31,32,33)(H,34,35,36). The number of pyridine rings is 1. The van der Waals surface area contributed by atoms with Crippen LogP contribution < -0.4 is 10.6 Å². The van der Waals surface area contributed by atoms with E-state index in [0.717, 1.165) is 12.1 Å². The highest BCUT2D eigenvalue weighted by molar-refractivity contribution is 7.91. The molecule has 2 aromatic rings. The maximum atomic E-state index is 12.4. The molecule has 43 heavy (non-hydrogen) atoms. The van der Waals surface area contributed by atoms with E-state index in [1.165, 1.54) is 19.1 Å². The van der Waals surface area contributed by atoms with Gasteiger partial charge in [-0.15, -0.1) is 5.11 Å². The lowest BCUT2D eigenvalue weighted by molar-refractivity contribution is 0.277. The molecule has 0 fully saturated rings. The minimum absolute atomic E-state index is 0.0257. The molecule has 2 rings (SSSR count). The zero-order chi connectivity index (χ0) is 32.5. The minimum Gasteiger partial charge on any atom is -0.367 e. The largest absolute Gasteiger partial charge is 0.397 e. The van der Waals surface area contributed by atoms with Gasteiger partial charge in [0.2, 0.25) is 0 Å². The molecule has 20 nitrogen and oxygen atoms in total. The predicted octanol–water partition coefficient (Wildman–Crippen LogP) is 0.733. The smallest absolute Gasteiger partial charge is 0.367 e. The Morgan fingerprint density at radius 3 is 1.77 bits per heavy atom. The number of azo groups is 1. The topological polar surface area (TPSA) is 310 Å². The van der Waals surface area contributed by atoms with E-state index in [1.54, 1.807) is 0 Å². The van der Waals surface area contributed by atoms with Crippen LogP contribution in [0.25, 0.3) is 0 Å². The second-order valence-corrected chi connectivity index (χ2v) is 13.3. The van der Waals surface area contributed by atoms with Crippen LogP contribution in [0.4, 0.5) is 23.0 Å². The van der Waals surface area contributed by atoms with Gasteiger partial charge in [0.1, 0.15) is 17.6 Å². The summed E-state index contributed by atoms with van der Waals surface area (Å²) in [6.07, 6.45) is 0. The van der Waals surface area contributed by atoms with Crippen molar-refractivity contribution in [1.29, 1.82) is 5.26 Å². The van der Waals surface area contributed by atoms with Gasteiger partial charge in [0.15, 0.2) is 15.7 Å². The fourth-order valence-corrected chi connectivity index (χ4v) is 5.11. The molecule has 0 atom stereocenters. The van der Waals surface area contributed by atoms with Crippen LogP contribution in [-0.4, -0.2) is 91.0 Å². The molecule has 5 N–H and O–H groups in total. The number of rotatable bonds is 17. The lowest BCUT2D eigenvalue weighted by atomic mass is 10.1. The van der Waals surface area contributed by atoms with Crippen LogP contribution in [0.5, 0.6) is 0 Å². The molecule has 1 heterocycles. The van der Waals surface area contributed by atoms with Crippen molar-refractivity contribution in [3.8, 4) is 6.07 Å². The summed E-state index contributed by atoms with van der Waals surface area (Å²) >= 11 is 0.